The average Bonchev–Trinajstić information content (AvgIpc) is 3.27. The van der Waals surface area contributed by atoms with Crippen molar-refractivity contribution in [3.8, 4) is 17.0 Å². The van der Waals surface area contributed by atoms with Gasteiger partial charge >= 0.3 is 0 Å². The van der Waals surface area contributed by atoms with Gasteiger partial charge in [0.2, 0.25) is 11.9 Å². The van der Waals surface area contributed by atoms with Gasteiger partial charge in [0, 0.05) is 24.3 Å². The topological polar surface area (TPSA) is 129 Å². The zero-order valence-electron chi connectivity index (χ0n) is 21.6. The summed E-state index contributed by atoms with van der Waals surface area (Å²) in [5, 5.41) is 27.5. The largest absolute Gasteiger partial charge is 0.497 e. The van der Waals surface area contributed by atoms with E-state index < -0.39 is 12.3 Å². The fourth-order valence-corrected chi connectivity index (χ4v) is 5.16. The molecule has 2 aromatic carbocycles. The normalized spacial score (nSPS) is 19.8. The van der Waals surface area contributed by atoms with Crippen LogP contribution >= 0.6 is 11.6 Å². The molecule has 0 spiro atoms. The lowest BCUT2D eigenvalue weighted by molar-refractivity contribution is -0.126. The van der Waals surface area contributed by atoms with E-state index >= 15 is 0 Å². The van der Waals surface area contributed by atoms with Crippen LogP contribution in [0.2, 0.25) is 5.02 Å². The Kier molecular flexibility index (Phi) is 8.59. The number of rotatable bonds is 9. The predicted octanol–water partition coefficient (Wildman–Crippen LogP) is 3.05. The second kappa shape index (κ2) is 12.3. The van der Waals surface area contributed by atoms with Crippen molar-refractivity contribution in [2.45, 2.75) is 37.7 Å². The zero-order chi connectivity index (χ0) is 27.4. The standard InChI is InChI=1S/C28H32ClN5O5/c1-38-21-6-2-4-17(10-21)24(15-35)32-25(36)14-34-13-19-8-7-18(11-22(19)27(34)37)26-23(29)12-30-28(33-26)31-20-5-3-9-39-16-20/h2,4,6-8,10-12,20,24,27,35,37H,3,5,9,13-16H2,1H3,(H,32,36)(H,30,31,33)/t20-,24+,27?/m0/s1. The van der Waals surface area contributed by atoms with E-state index in [2.05, 4.69) is 20.6 Å². The van der Waals surface area contributed by atoms with Crippen molar-refractivity contribution in [1.29, 1.82) is 0 Å². The lowest BCUT2D eigenvalue weighted by Crippen LogP contribution is -2.39. The lowest BCUT2D eigenvalue weighted by Gasteiger charge is -2.23. The van der Waals surface area contributed by atoms with E-state index in [0.717, 1.165) is 36.1 Å². The number of nitrogens with zero attached hydrogens (tertiary/aromatic N) is 3. The zero-order valence-corrected chi connectivity index (χ0v) is 22.4. The first-order valence-corrected chi connectivity index (χ1v) is 13.3. The molecule has 0 aliphatic carbocycles. The molecule has 3 aromatic rings. The van der Waals surface area contributed by atoms with Crippen LogP contribution in [0.3, 0.4) is 0 Å². The van der Waals surface area contributed by atoms with Crippen LogP contribution in [0.4, 0.5) is 5.95 Å². The van der Waals surface area contributed by atoms with E-state index in [0.29, 0.717) is 41.1 Å². The van der Waals surface area contributed by atoms with Crippen molar-refractivity contribution in [2.75, 3.05) is 38.8 Å². The second-order valence-electron chi connectivity index (χ2n) is 9.72. The summed E-state index contributed by atoms with van der Waals surface area (Å²) in [7, 11) is 1.56. The van der Waals surface area contributed by atoms with Crippen molar-refractivity contribution in [2.24, 2.45) is 0 Å². The molecular weight excluding hydrogens is 522 g/mol. The van der Waals surface area contributed by atoms with E-state index in [1.807, 2.05) is 24.3 Å². The molecule has 1 aromatic heterocycles. The van der Waals surface area contributed by atoms with Gasteiger partial charge in [0.15, 0.2) is 0 Å². The number of halogens is 1. The van der Waals surface area contributed by atoms with Gasteiger partial charge < -0.3 is 30.3 Å². The Morgan fingerprint density at radius 1 is 1.31 bits per heavy atom. The quantitative estimate of drug-likeness (QED) is 0.316. The maximum atomic E-state index is 12.9. The first-order valence-electron chi connectivity index (χ1n) is 12.9. The van der Waals surface area contributed by atoms with Gasteiger partial charge in [0.1, 0.15) is 12.0 Å². The molecule has 39 heavy (non-hydrogen) atoms. The minimum atomic E-state index is -0.979. The third-order valence-corrected chi connectivity index (χ3v) is 7.29. The molecule has 10 nitrogen and oxygen atoms in total. The molecule has 4 N–H and O–H groups in total. The first-order chi connectivity index (χ1) is 18.9. The average molecular weight is 554 g/mol. The van der Waals surface area contributed by atoms with E-state index in [4.69, 9.17) is 21.1 Å². The maximum absolute atomic E-state index is 12.9. The van der Waals surface area contributed by atoms with E-state index in [9.17, 15) is 15.0 Å². The van der Waals surface area contributed by atoms with E-state index in [1.54, 1.807) is 36.4 Å². The Hall–Kier alpha value is -3.28. The fraction of sp³-hybridized carbons (Fsp3) is 0.393. The molecule has 3 heterocycles. The number of anilines is 1. The minimum absolute atomic E-state index is 0.0442. The van der Waals surface area contributed by atoms with Crippen LogP contribution in [-0.2, 0) is 16.1 Å². The summed E-state index contributed by atoms with van der Waals surface area (Å²) in [6.45, 7) is 1.46. The van der Waals surface area contributed by atoms with Crippen LogP contribution in [0, 0.1) is 0 Å². The number of amides is 1. The number of hydrogen-bond donors (Lipinski definition) is 4. The van der Waals surface area contributed by atoms with Gasteiger partial charge in [-0.25, -0.2) is 9.97 Å². The number of carbonyl (C=O) groups is 1. The van der Waals surface area contributed by atoms with Crippen LogP contribution in [-0.4, -0.2) is 70.5 Å². The van der Waals surface area contributed by atoms with Crippen molar-refractivity contribution >= 4 is 23.5 Å². The van der Waals surface area contributed by atoms with Gasteiger partial charge in [-0.05, 0) is 42.2 Å². The number of hydrogen-bond acceptors (Lipinski definition) is 9. The van der Waals surface area contributed by atoms with Crippen molar-refractivity contribution in [1.82, 2.24) is 20.2 Å². The van der Waals surface area contributed by atoms with Crippen LogP contribution in [0.15, 0.2) is 48.7 Å². The van der Waals surface area contributed by atoms with Gasteiger partial charge in [0.25, 0.3) is 0 Å². The second-order valence-corrected chi connectivity index (χ2v) is 10.1. The number of fused-ring (bicyclic) bond motifs is 1. The van der Waals surface area contributed by atoms with Crippen LogP contribution in [0.5, 0.6) is 5.75 Å². The molecule has 2 aliphatic heterocycles. The molecule has 0 bridgehead atoms. The van der Waals surface area contributed by atoms with Gasteiger partial charge in [-0.1, -0.05) is 35.9 Å². The summed E-state index contributed by atoms with van der Waals surface area (Å²) >= 11 is 6.46. The molecular formula is C28H32ClN5O5. The van der Waals surface area contributed by atoms with E-state index in [-0.39, 0.29) is 25.1 Å². The summed E-state index contributed by atoms with van der Waals surface area (Å²) < 4.78 is 10.8. The molecule has 1 unspecified atom stereocenters. The number of benzene rings is 2. The molecule has 5 rings (SSSR count). The van der Waals surface area contributed by atoms with Gasteiger partial charge in [-0.3, -0.25) is 9.69 Å². The molecule has 3 atom stereocenters. The van der Waals surface area contributed by atoms with Gasteiger partial charge in [-0.2, -0.15) is 0 Å². The Morgan fingerprint density at radius 2 is 2.18 bits per heavy atom. The molecule has 1 saturated heterocycles. The van der Waals surface area contributed by atoms with E-state index in [1.165, 1.54) is 0 Å². The molecule has 2 aliphatic rings. The van der Waals surface area contributed by atoms with Crippen LogP contribution in [0.25, 0.3) is 11.3 Å². The predicted molar refractivity (Wildman–Crippen MR) is 146 cm³/mol. The molecule has 206 valence electrons. The highest BCUT2D eigenvalue weighted by Crippen LogP contribution is 2.36. The molecule has 0 saturated carbocycles. The highest BCUT2D eigenvalue weighted by Gasteiger charge is 2.31. The summed E-state index contributed by atoms with van der Waals surface area (Å²) in [6, 6.07) is 12.4. The Bertz CT molecular complexity index is 1320. The molecule has 0 radical (unpaired) electrons. The lowest BCUT2D eigenvalue weighted by atomic mass is 10.0. The van der Waals surface area contributed by atoms with Crippen molar-refractivity contribution in [3.63, 3.8) is 0 Å². The number of methoxy groups -OCH3 is 1. The summed E-state index contributed by atoms with van der Waals surface area (Å²) in [4.78, 5) is 23.5. The Labute approximate surface area is 231 Å². The molecule has 1 fully saturated rings. The van der Waals surface area contributed by atoms with Crippen LogP contribution < -0.4 is 15.4 Å². The molecule has 11 heteroatoms. The number of aromatic nitrogens is 2. The highest BCUT2D eigenvalue weighted by molar-refractivity contribution is 6.32. The first kappa shape index (κ1) is 27.3. The highest BCUT2D eigenvalue weighted by atomic mass is 35.5. The van der Waals surface area contributed by atoms with Gasteiger partial charge in [0.05, 0.1) is 55.9 Å². The SMILES string of the molecule is COc1cccc([C@@H](CO)NC(=O)CN2Cc3ccc(-c4nc(N[C@H]5CCCOC5)ncc4Cl)cc3C2O)c1. The third-order valence-electron chi connectivity index (χ3n) is 7.02. The Balaban J connectivity index is 1.26. The number of ether oxygens (including phenoxy) is 2. The summed E-state index contributed by atoms with van der Waals surface area (Å²) in [5.74, 6) is 0.792. The number of nitrogens with one attached hydrogen (secondary N) is 2. The Morgan fingerprint density at radius 3 is 2.95 bits per heavy atom. The minimum Gasteiger partial charge on any atom is -0.497 e. The fourth-order valence-electron chi connectivity index (χ4n) is 4.96. The molecule has 1 amide bonds. The van der Waals surface area contributed by atoms with Crippen molar-refractivity contribution < 1.29 is 24.5 Å². The number of aliphatic hydroxyl groups excluding tert-OH is 2. The third kappa shape index (κ3) is 6.32. The smallest absolute Gasteiger partial charge is 0.234 e. The number of carbonyl (C=O) groups excluding carboxylic acids is 1. The number of aliphatic hydroxyl groups is 2. The van der Waals surface area contributed by atoms with Crippen LogP contribution in [0.1, 0.15) is 41.8 Å². The summed E-state index contributed by atoms with van der Waals surface area (Å²) in [6.07, 6.45) is 2.55. The summed E-state index contributed by atoms with van der Waals surface area (Å²) in [5.41, 5.74) is 3.63. The maximum Gasteiger partial charge on any atom is 0.234 e. The monoisotopic (exact) mass is 553 g/mol. The van der Waals surface area contributed by atoms with Gasteiger partial charge in [-0.15, -0.1) is 0 Å². The van der Waals surface area contributed by atoms with Crippen molar-refractivity contribution in [3.05, 3.63) is 70.4 Å².